The lowest BCUT2D eigenvalue weighted by Crippen LogP contribution is -2.24. The van der Waals surface area contributed by atoms with Crippen LogP contribution in [-0.4, -0.2) is 39.8 Å². The molecule has 1 amide bonds. The van der Waals surface area contributed by atoms with Crippen molar-refractivity contribution in [2.24, 2.45) is 0 Å². The summed E-state index contributed by atoms with van der Waals surface area (Å²) in [6, 6.07) is 12.3. The zero-order valence-electron chi connectivity index (χ0n) is 17.1. The molecule has 0 bridgehead atoms. The van der Waals surface area contributed by atoms with Gasteiger partial charge in [-0.2, -0.15) is 0 Å². The zero-order chi connectivity index (χ0) is 21.6. The second-order valence-corrected chi connectivity index (χ2v) is 8.70. The highest BCUT2D eigenvalue weighted by molar-refractivity contribution is 7.93. The molecule has 1 heterocycles. The Hall–Kier alpha value is -3.00. The summed E-state index contributed by atoms with van der Waals surface area (Å²) in [5.74, 6) is 1.11. The van der Waals surface area contributed by atoms with Gasteiger partial charge in [0.05, 0.1) is 24.7 Å². The number of nitrogens with one attached hydrogen (secondary N) is 1. The molecule has 30 heavy (non-hydrogen) atoms. The quantitative estimate of drug-likeness (QED) is 0.646. The van der Waals surface area contributed by atoms with E-state index in [1.165, 1.54) is 10.4 Å². The van der Waals surface area contributed by atoms with Crippen LogP contribution < -0.4 is 19.1 Å². The van der Waals surface area contributed by atoms with E-state index < -0.39 is 10.0 Å². The van der Waals surface area contributed by atoms with Gasteiger partial charge in [-0.15, -0.1) is 0 Å². The van der Waals surface area contributed by atoms with E-state index in [2.05, 4.69) is 5.32 Å². The molecule has 160 valence electrons. The summed E-state index contributed by atoms with van der Waals surface area (Å²) in [6.45, 7) is 5.30. The van der Waals surface area contributed by atoms with Crippen LogP contribution >= 0.6 is 0 Å². The Labute approximate surface area is 177 Å². The van der Waals surface area contributed by atoms with Crippen molar-refractivity contribution in [3.63, 3.8) is 0 Å². The molecule has 3 rings (SSSR count). The number of hydrogen-bond donors (Lipinski definition) is 1. The predicted octanol–water partition coefficient (Wildman–Crippen LogP) is 3.68. The zero-order valence-corrected chi connectivity index (χ0v) is 17.9. The van der Waals surface area contributed by atoms with Crippen LogP contribution in [0.5, 0.6) is 11.5 Å². The van der Waals surface area contributed by atoms with E-state index in [9.17, 15) is 13.2 Å². The van der Waals surface area contributed by atoms with Crippen molar-refractivity contribution in [2.45, 2.75) is 20.3 Å². The number of rotatable bonds is 8. The third-order valence-electron chi connectivity index (χ3n) is 4.52. The van der Waals surface area contributed by atoms with Crippen LogP contribution in [0.3, 0.4) is 0 Å². The summed E-state index contributed by atoms with van der Waals surface area (Å²) in [5.41, 5.74) is 2.05. The van der Waals surface area contributed by atoms with E-state index in [-0.39, 0.29) is 11.7 Å². The highest BCUT2D eigenvalue weighted by Crippen LogP contribution is 2.30. The molecule has 0 atom stereocenters. The lowest BCUT2D eigenvalue weighted by molar-refractivity contribution is -0.111. The number of benzene rings is 2. The Morgan fingerprint density at radius 1 is 1.07 bits per heavy atom. The van der Waals surface area contributed by atoms with Crippen molar-refractivity contribution in [3.05, 3.63) is 54.1 Å². The van der Waals surface area contributed by atoms with E-state index >= 15 is 0 Å². The number of sulfonamides is 1. The Bertz CT molecular complexity index is 1020. The summed E-state index contributed by atoms with van der Waals surface area (Å²) in [7, 11) is -3.20. The minimum absolute atomic E-state index is 0.186. The van der Waals surface area contributed by atoms with Gasteiger partial charge >= 0.3 is 0 Å². The molecular formula is C22H26N2O5S. The van der Waals surface area contributed by atoms with Crippen molar-refractivity contribution < 1.29 is 22.7 Å². The lowest BCUT2D eigenvalue weighted by Gasteiger charge is -2.16. The molecule has 0 aromatic heterocycles. The van der Waals surface area contributed by atoms with Gasteiger partial charge in [-0.05, 0) is 56.2 Å². The summed E-state index contributed by atoms with van der Waals surface area (Å²) in [4.78, 5) is 12.3. The Morgan fingerprint density at radius 3 is 2.40 bits per heavy atom. The number of anilines is 2. The summed E-state index contributed by atoms with van der Waals surface area (Å²) in [5, 5.41) is 2.80. The van der Waals surface area contributed by atoms with Gasteiger partial charge in [-0.1, -0.05) is 12.1 Å². The molecule has 1 fully saturated rings. The smallest absolute Gasteiger partial charge is 0.248 e. The molecule has 0 spiro atoms. The van der Waals surface area contributed by atoms with Gasteiger partial charge < -0.3 is 14.8 Å². The molecule has 0 unspecified atom stereocenters. The van der Waals surface area contributed by atoms with Gasteiger partial charge in [-0.3, -0.25) is 9.10 Å². The van der Waals surface area contributed by atoms with Gasteiger partial charge in [0, 0.05) is 24.4 Å². The molecule has 1 aliphatic rings. The first-order valence-electron chi connectivity index (χ1n) is 9.92. The summed E-state index contributed by atoms with van der Waals surface area (Å²) in [6.07, 6.45) is 3.74. The minimum atomic E-state index is -3.20. The molecule has 1 aliphatic heterocycles. The summed E-state index contributed by atoms with van der Waals surface area (Å²) >= 11 is 0. The molecule has 2 aromatic carbocycles. The van der Waals surface area contributed by atoms with Gasteiger partial charge in [-0.25, -0.2) is 8.42 Å². The Morgan fingerprint density at radius 2 is 1.77 bits per heavy atom. The maximum atomic E-state index is 12.3. The summed E-state index contributed by atoms with van der Waals surface area (Å²) < 4.78 is 36.5. The lowest BCUT2D eigenvalue weighted by atomic mass is 10.2. The van der Waals surface area contributed by atoms with Gasteiger partial charge in [0.25, 0.3) is 0 Å². The predicted molar refractivity (Wildman–Crippen MR) is 119 cm³/mol. The Balaban J connectivity index is 1.64. The van der Waals surface area contributed by atoms with Crippen molar-refractivity contribution in [1.82, 2.24) is 0 Å². The molecule has 0 saturated carbocycles. The molecule has 0 radical (unpaired) electrons. The first-order valence-corrected chi connectivity index (χ1v) is 11.5. The van der Waals surface area contributed by atoms with Crippen LogP contribution in [-0.2, 0) is 14.8 Å². The van der Waals surface area contributed by atoms with Crippen LogP contribution in [0, 0.1) is 0 Å². The molecule has 2 aromatic rings. The first kappa shape index (κ1) is 21.7. The fourth-order valence-electron chi connectivity index (χ4n) is 3.17. The van der Waals surface area contributed by atoms with Crippen molar-refractivity contribution in [1.29, 1.82) is 0 Å². The molecule has 1 saturated heterocycles. The molecule has 8 heteroatoms. The third kappa shape index (κ3) is 5.33. The standard InChI is InChI=1S/C22H26N2O5S/c1-3-28-20-12-9-18(16-21(20)29-4-2)23-22(25)13-8-17-6-10-19(11-7-17)24-14-5-15-30(24,26)27/h6-13,16H,3-5,14-15H2,1-2H3,(H,23,25). The number of carbonyl (C=O) groups is 1. The normalized spacial score (nSPS) is 15.3. The van der Waals surface area contributed by atoms with Gasteiger partial charge in [0.2, 0.25) is 15.9 Å². The highest BCUT2D eigenvalue weighted by atomic mass is 32.2. The minimum Gasteiger partial charge on any atom is -0.490 e. The van der Waals surface area contributed by atoms with E-state index in [1.54, 1.807) is 48.5 Å². The number of carbonyl (C=O) groups excluding carboxylic acids is 1. The number of ether oxygens (including phenoxy) is 2. The van der Waals surface area contributed by atoms with E-state index in [0.29, 0.717) is 49.1 Å². The molecule has 0 aliphatic carbocycles. The number of amides is 1. The molecule has 7 nitrogen and oxygen atoms in total. The SMILES string of the molecule is CCOc1ccc(NC(=O)C=Cc2ccc(N3CCCS3(=O)=O)cc2)cc1OCC. The second-order valence-electron chi connectivity index (χ2n) is 6.68. The topological polar surface area (TPSA) is 84.9 Å². The maximum Gasteiger partial charge on any atom is 0.248 e. The Kier molecular flexibility index (Phi) is 6.99. The average Bonchev–Trinajstić information content (AvgIpc) is 3.08. The first-order chi connectivity index (χ1) is 14.4. The largest absolute Gasteiger partial charge is 0.490 e. The fourth-order valence-corrected chi connectivity index (χ4v) is 4.73. The monoisotopic (exact) mass is 430 g/mol. The fraction of sp³-hybridized carbons (Fsp3) is 0.318. The maximum absolute atomic E-state index is 12.3. The van der Waals surface area contributed by atoms with E-state index in [4.69, 9.17) is 9.47 Å². The second kappa shape index (κ2) is 9.67. The number of nitrogens with zero attached hydrogens (tertiary/aromatic N) is 1. The molecule has 1 N–H and O–H groups in total. The van der Waals surface area contributed by atoms with Gasteiger partial charge in [0.1, 0.15) is 0 Å². The van der Waals surface area contributed by atoms with Gasteiger partial charge in [0.15, 0.2) is 11.5 Å². The van der Waals surface area contributed by atoms with Crippen molar-refractivity contribution in [2.75, 3.05) is 35.1 Å². The van der Waals surface area contributed by atoms with Crippen LogP contribution in [0.4, 0.5) is 11.4 Å². The number of hydrogen-bond acceptors (Lipinski definition) is 5. The van der Waals surface area contributed by atoms with Crippen LogP contribution in [0.15, 0.2) is 48.5 Å². The highest BCUT2D eigenvalue weighted by Gasteiger charge is 2.28. The average molecular weight is 431 g/mol. The van der Waals surface area contributed by atoms with E-state index in [1.807, 2.05) is 13.8 Å². The van der Waals surface area contributed by atoms with Crippen LogP contribution in [0.2, 0.25) is 0 Å². The van der Waals surface area contributed by atoms with Crippen molar-refractivity contribution in [3.8, 4) is 11.5 Å². The third-order valence-corrected chi connectivity index (χ3v) is 6.39. The van der Waals surface area contributed by atoms with Crippen LogP contribution in [0.1, 0.15) is 25.8 Å². The van der Waals surface area contributed by atoms with Crippen LogP contribution in [0.25, 0.3) is 6.08 Å². The molecular weight excluding hydrogens is 404 g/mol. The van der Waals surface area contributed by atoms with Crippen molar-refractivity contribution >= 4 is 33.4 Å². The van der Waals surface area contributed by atoms with E-state index in [0.717, 1.165) is 5.56 Å².